The summed E-state index contributed by atoms with van der Waals surface area (Å²) >= 11 is 18.4. The summed E-state index contributed by atoms with van der Waals surface area (Å²) in [6, 6.07) is 11.6. The fourth-order valence-corrected chi connectivity index (χ4v) is 7.21. The molecule has 1 atom stereocenters. The first-order valence-electron chi connectivity index (χ1n) is 11.9. The summed E-state index contributed by atoms with van der Waals surface area (Å²) in [7, 11) is -1.89. The van der Waals surface area contributed by atoms with Gasteiger partial charge in [-0.25, -0.2) is 8.42 Å². The van der Waals surface area contributed by atoms with Crippen molar-refractivity contribution in [2.45, 2.75) is 24.2 Å². The SMILES string of the molecule is CN1CCN(C(=O)C[C@@]2(COc3ccc(Cl)cc3)CCCN(S(=O)(=O)c3cccc(Cl)c3Cl)C2)CC1. The molecule has 2 fully saturated rings. The molecule has 2 aromatic carbocycles. The molecule has 0 radical (unpaired) electrons. The van der Waals surface area contributed by atoms with Crippen molar-refractivity contribution in [1.29, 1.82) is 0 Å². The van der Waals surface area contributed by atoms with Crippen molar-refractivity contribution in [2.24, 2.45) is 5.41 Å². The molecule has 0 N–H and O–H groups in total. The van der Waals surface area contributed by atoms with Crippen LogP contribution in [-0.2, 0) is 14.8 Å². The molecule has 2 aliphatic heterocycles. The third kappa shape index (κ3) is 6.29. The number of carbonyl (C=O) groups excluding carboxylic acids is 1. The van der Waals surface area contributed by atoms with Crippen LogP contribution < -0.4 is 4.74 Å². The van der Waals surface area contributed by atoms with E-state index < -0.39 is 15.4 Å². The summed E-state index contributed by atoms with van der Waals surface area (Å²) in [6.07, 6.45) is 1.45. The molecule has 2 aromatic rings. The molecule has 7 nitrogen and oxygen atoms in total. The highest BCUT2D eigenvalue weighted by Gasteiger charge is 2.43. The zero-order valence-corrected chi connectivity index (χ0v) is 23.2. The molecular weight excluding hydrogens is 545 g/mol. The Morgan fingerprint density at radius 1 is 1.00 bits per heavy atom. The van der Waals surface area contributed by atoms with Crippen molar-refractivity contribution in [3.63, 3.8) is 0 Å². The maximum Gasteiger partial charge on any atom is 0.244 e. The van der Waals surface area contributed by atoms with E-state index in [1.807, 2.05) is 11.9 Å². The van der Waals surface area contributed by atoms with E-state index in [9.17, 15) is 13.2 Å². The van der Waals surface area contributed by atoms with Crippen molar-refractivity contribution in [3.8, 4) is 5.75 Å². The van der Waals surface area contributed by atoms with E-state index in [-0.39, 0.29) is 40.4 Å². The van der Waals surface area contributed by atoms with Gasteiger partial charge in [0.15, 0.2) is 0 Å². The minimum absolute atomic E-state index is 0.00117. The molecule has 2 heterocycles. The number of sulfonamides is 1. The third-order valence-corrected chi connectivity index (χ3v) is 9.97. The van der Waals surface area contributed by atoms with Crippen LogP contribution >= 0.6 is 34.8 Å². The number of ether oxygens (including phenoxy) is 1. The van der Waals surface area contributed by atoms with E-state index in [0.29, 0.717) is 43.2 Å². The monoisotopic (exact) mass is 573 g/mol. The average Bonchev–Trinajstić information content (AvgIpc) is 2.86. The van der Waals surface area contributed by atoms with E-state index in [0.717, 1.165) is 13.1 Å². The van der Waals surface area contributed by atoms with Gasteiger partial charge in [0.1, 0.15) is 10.6 Å². The highest BCUT2D eigenvalue weighted by Crippen LogP contribution is 2.39. The van der Waals surface area contributed by atoms with Gasteiger partial charge in [-0.1, -0.05) is 40.9 Å². The lowest BCUT2D eigenvalue weighted by atomic mass is 9.78. The lowest BCUT2D eigenvalue weighted by Gasteiger charge is -2.43. The van der Waals surface area contributed by atoms with Crippen LogP contribution in [-0.4, -0.2) is 81.4 Å². The van der Waals surface area contributed by atoms with Crippen molar-refractivity contribution >= 4 is 50.7 Å². The first-order valence-corrected chi connectivity index (χ1v) is 14.5. The van der Waals surface area contributed by atoms with E-state index in [1.54, 1.807) is 36.4 Å². The van der Waals surface area contributed by atoms with Gasteiger partial charge < -0.3 is 14.5 Å². The number of amides is 1. The minimum Gasteiger partial charge on any atom is -0.493 e. The molecule has 36 heavy (non-hydrogen) atoms. The largest absolute Gasteiger partial charge is 0.493 e. The molecule has 0 spiro atoms. The zero-order valence-electron chi connectivity index (χ0n) is 20.1. The van der Waals surface area contributed by atoms with Crippen LogP contribution in [0.5, 0.6) is 5.75 Å². The second-order valence-electron chi connectivity index (χ2n) is 9.60. The fourth-order valence-electron chi connectivity index (χ4n) is 4.76. The molecule has 0 unspecified atom stereocenters. The maximum atomic E-state index is 13.6. The number of hydrogen-bond donors (Lipinski definition) is 0. The summed E-state index contributed by atoms with van der Waals surface area (Å²) in [5, 5.41) is 0.772. The topological polar surface area (TPSA) is 70.2 Å². The normalized spacial score (nSPS) is 21.9. The molecule has 1 amide bonds. The van der Waals surface area contributed by atoms with E-state index >= 15 is 0 Å². The zero-order chi connectivity index (χ0) is 25.9. The van der Waals surface area contributed by atoms with Crippen LogP contribution in [0.2, 0.25) is 15.1 Å². The van der Waals surface area contributed by atoms with Gasteiger partial charge in [0, 0.05) is 56.1 Å². The number of piperazine rings is 1. The molecule has 11 heteroatoms. The summed E-state index contributed by atoms with van der Waals surface area (Å²) in [6.45, 7) is 3.61. The number of piperidine rings is 1. The van der Waals surface area contributed by atoms with Gasteiger partial charge in [0.25, 0.3) is 0 Å². The van der Waals surface area contributed by atoms with Gasteiger partial charge in [-0.15, -0.1) is 0 Å². The Morgan fingerprint density at radius 2 is 1.69 bits per heavy atom. The van der Waals surface area contributed by atoms with Gasteiger partial charge >= 0.3 is 0 Å². The van der Waals surface area contributed by atoms with Gasteiger partial charge in [0.05, 0.1) is 16.7 Å². The highest BCUT2D eigenvalue weighted by atomic mass is 35.5. The highest BCUT2D eigenvalue weighted by molar-refractivity contribution is 7.89. The number of halogens is 3. The maximum absolute atomic E-state index is 13.6. The molecule has 0 aliphatic carbocycles. The summed E-state index contributed by atoms with van der Waals surface area (Å²) < 4.78 is 34.7. The number of carbonyl (C=O) groups is 1. The lowest BCUT2D eigenvalue weighted by molar-refractivity contribution is -0.136. The van der Waals surface area contributed by atoms with E-state index in [4.69, 9.17) is 39.5 Å². The number of likely N-dealkylation sites (N-methyl/N-ethyl adjacent to an activating group) is 1. The van der Waals surface area contributed by atoms with Crippen molar-refractivity contribution in [3.05, 3.63) is 57.5 Å². The Morgan fingerprint density at radius 3 is 2.39 bits per heavy atom. The number of rotatable bonds is 7. The van der Waals surface area contributed by atoms with E-state index in [2.05, 4.69) is 4.90 Å². The Kier molecular flexibility index (Phi) is 8.75. The van der Waals surface area contributed by atoms with Crippen LogP contribution in [0.15, 0.2) is 47.4 Å². The van der Waals surface area contributed by atoms with Crippen molar-refractivity contribution < 1.29 is 17.9 Å². The molecule has 2 aliphatic rings. The second kappa shape index (κ2) is 11.5. The predicted octanol–water partition coefficient (Wildman–Crippen LogP) is 4.66. The molecular formula is C25H30Cl3N3O4S. The Balaban J connectivity index is 1.59. The van der Waals surface area contributed by atoms with Crippen LogP contribution in [0.25, 0.3) is 0 Å². The minimum atomic E-state index is -3.93. The number of benzene rings is 2. The molecule has 0 saturated carbocycles. The smallest absolute Gasteiger partial charge is 0.244 e. The van der Waals surface area contributed by atoms with Crippen molar-refractivity contribution in [2.75, 3.05) is 52.9 Å². The van der Waals surface area contributed by atoms with Gasteiger partial charge in [-0.2, -0.15) is 4.31 Å². The van der Waals surface area contributed by atoms with Gasteiger partial charge in [-0.3, -0.25) is 4.79 Å². The van der Waals surface area contributed by atoms with Crippen LogP contribution in [0.4, 0.5) is 0 Å². The molecule has 196 valence electrons. The standard InChI is InChI=1S/C25H30Cl3N3O4S/c1-29-12-14-30(15-13-29)23(32)16-25(18-35-20-8-6-19(26)7-9-20)10-3-11-31(17-25)36(33,34)22-5-2-4-21(27)24(22)28/h2,4-9H,3,10-18H2,1H3/t25-/m0/s1. The average molecular weight is 575 g/mol. The Labute approximate surface area is 227 Å². The van der Waals surface area contributed by atoms with Crippen LogP contribution in [0.3, 0.4) is 0 Å². The molecule has 2 saturated heterocycles. The molecule has 4 rings (SSSR count). The third-order valence-electron chi connectivity index (χ3n) is 6.90. The molecule has 0 bridgehead atoms. The van der Waals surface area contributed by atoms with Gasteiger partial charge in [0.2, 0.25) is 15.9 Å². The van der Waals surface area contributed by atoms with Crippen molar-refractivity contribution in [1.82, 2.24) is 14.1 Å². The van der Waals surface area contributed by atoms with Gasteiger partial charge in [-0.05, 0) is 56.3 Å². The second-order valence-corrected chi connectivity index (χ2v) is 12.7. The summed E-state index contributed by atoms with van der Waals surface area (Å²) in [5.41, 5.74) is -0.698. The predicted molar refractivity (Wildman–Crippen MR) is 143 cm³/mol. The molecule has 0 aromatic heterocycles. The first kappa shape index (κ1) is 27.5. The number of nitrogens with zero attached hydrogens (tertiary/aromatic N) is 3. The lowest BCUT2D eigenvalue weighted by Crippen LogP contribution is -2.53. The fraction of sp³-hybridized carbons (Fsp3) is 0.480. The van der Waals surface area contributed by atoms with E-state index in [1.165, 1.54) is 10.4 Å². The Bertz CT molecular complexity index is 1190. The van der Waals surface area contributed by atoms with Crippen LogP contribution in [0, 0.1) is 5.41 Å². The Hall–Kier alpha value is -1.55. The van der Waals surface area contributed by atoms with Crippen LogP contribution in [0.1, 0.15) is 19.3 Å². The summed E-state index contributed by atoms with van der Waals surface area (Å²) in [4.78, 5) is 17.4. The first-order chi connectivity index (χ1) is 17.1. The quantitative estimate of drug-likeness (QED) is 0.481. The summed E-state index contributed by atoms with van der Waals surface area (Å²) in [5.74, 6) is 0.631. The number of hydrogen-bond acceptors (Lipinski definition) is 5.